The van der Waals surface area contributed by atoms with Gasteiger partial charge in [0.25, 0.3) is 0 Å². The van der Waals surface area contributed by atoms with E-state index in [-0.39, 0.29) is 5.91 Å². The summed E-state index contributed by atoms with van der Waals surface area (Å²) in [7, 11) is 3.83. The molecule has 0 spiro atoms. The molecule has 0 aromatic heterocycles. The average Bonchev–Trinajstić information content (AvgIpc) is 3.04. The normalized spacial score (nSPS) is 25.5. The van der Waals surface area contributed by atoms with Gasteiger partial charge in [-0.1, -0.05) is 6.92 Å². The molecule has 1 N–H and O–H groups in total. The van der Waals surface area contributed by atoms with Crippen molar-refractivity contribution in [2.24, 2.45) is 16.8 Å². The van der Waals surface area contributed by atoms with Crippen LogP contribution in [0, 0.1) is 11.8 Å². The Morgan fingerprint density at radius 1 is 1.43 bits per heavy atom. The molecule has 0 aliphatic carbocycles. The molecule has 2 aliphatic heterocycles. The number of nitrogens with zero attached hydrogens (tertiary/aromatic N) is 3. The Bertz CT molecular complexity index is 407. The molecule has 6 nitrogen and oxygen atoms in total. The van der Waals surface area contributed by atoms with Crippen molar-refractivity contribution in [2.45, 2.75) is 32.6 Å². The Balaban J connectivity index is 1.69. The summed E-state index contributed by atoms with van der Waals surface area (Å²) < 4.78 is 5.42. The fourth-order valence-electron chi connectivity index (χ4n) is 3.44. The summed E-state index contributed by atoms with van der Waals surface area (Å²) in [4.78, 5) is 20.7. The first-order valence-electron chi connectivity index (χ1n) is 8.87. The molecule has 2 saturated heterocycles. The molecule has 0 radical (unpaired) electrons. The van der Waals surface area contributed by atoms with Crippen LogP contribution in [0.5, 0.6) is 0 Å². The van der Waals surface area contributed by atoms with Gasteiger partial charge in [-0.2, -0.15) is 0 Å². The molecule has 0 saturated carbocycles. The molecular formula is C17H32N4O2. The van der Waals surface area contributed by atoms with E-state index in [1.165, 1.54) is 6.42 Å². The first-order chi connectivity index (χ1) is 11.1. The Labute approximate surface area is 140 Å². The predicted molar refractivity (Wildman–Crippen MR) is 92.5 cm³/mol. The number of carbonyl (C=O) groups excluding carboxylic acids is 1. The number of aliphatic imine (C=N–C) groups is 1. The number of piperidine rings is 1. The van der Waals surface area contributed by atoms with Gasteiger partial charge in [-0.15, -0.1) is 0 Å². The molecule has 1 amide bonds. The molecule has 132 valence electrons. The van der Waals surface area contributed by atoms with Crippen molar-refractivity contribution in [3.8, 4) is 0 Å². The number of carbonyl (C=O) groups is 1. The quantitative estimate of drug-likeness (QED) is 0.609. The third-order valence-corrected chi connectivity index (χ3v) is 4.76. The van der Waals surface area contributed by atoms with E-state index >= 15 is 0 Å². The van der Waals surface area contributed by atoms with Gasteiger partial charge in [-0.25, -0.2) is 0 Å². The standard InChI is InChI=1S/C17H32N4O2/c1-14-5-4-9-21(11-14)16(22)6-8-19-17(18-2)20(3)12-15-7-10-23-13-15/h14-15H,4-13H2,1-3H3,(H,18,19). The molecule has 2 unspecified atom stereocenters. The number of rotatable bonds is 5. The number of amides is 1. The summed E-state index contributed by atoms with van der Waals surface area (Å²) in [5.41, 5.74) is 0. The third-order valence-electron chi connectivity index (χ3n) is 4.76. The van der Waals surface area contributed by atoms with Crippen LogP contribution in [-0.4, -0.2) is 75.2 Å². The summed E-state index contributed by atoms with van der Waals surface area (Å²) >= 11 is 0. The summed E-state index contributed by atoms with van der Waals surface area (Å²) in [5.74, 6) is 2.33. The minimum Gasteiger partial charge on any atom is -0.381 e. The molecule has 2 heterocycles. The molecule has 6 heteroatoms. The topological polar surface area (TPSA) is 57.2 Å². The summed E-state index contributed by atoms with van der Waals surface area (Å²) in [6.45, 7) is 7.34. The molecular weight excluding hydrogens is 292 g/mol. The lowest BCUT2D eigenvalue weighted by Crippen LogP contribution is -2.44. The van der Waals surface area contributed by atoms with Gasteiger partial charge < -0.3 is 19.9 Å². The molecule has 0 aromatic carbocycles. The van der Waals surface area contributed by atoms with Crippen molar-refractivity contribution < 1.29 is 9.53 Å². The van der Waals surface area contributed by atoms with Crippen LogP contribution in [0.1, 0.15) is 32.6 Å². The number of guanidine groups is 1. The molecule has 2 aliphatic rings. The van der Waals surface area contributed by atoms with Crippen LogP contribution in [0.25, 0.3) is 0 Å². The Hall–Kier alpha value is -1.30. The second-order valence-corrected chi connectivity index (χ2v) is 6.92. The van der Waals surface area contributed by atoms with E-state index in [0.29, 0.717) is 24.8 Å². The van der Waals surface area contributed by atoms with E-state index in [4.69, 9.17) is 4.74 Å². The lowest BCUT2D eigenvalue weighted by molar-refractivity contribution is -0.132. The Kier molecular flexibility index (Phi) is 7.15. The van der Waals surface area contributed by atoms with Gasteiger partial charge in [0.1, 0.15) is 0 Å². The molecule has 0 bridgehead atoms. The molecule has 0 aromatic rings. The zero-order chi connectivity index (χ0) is 16.7. The number of likely N-dealkylation sites (tertiary alicyclic amines) is 1. The highest BCUT2D eigenvalue weighted by Gasteiger charge is 2.21. The number of hydrogen-bond acceptors (Lipinski definition) is 3. The lowest BCUT2D eigenvalue weighted by atomic mass is 10.00. The number of nitrogens with one attached hydrogen (secondary N) is 1. The molecule has 2 fully saturated rings. The van der Waals surface area contributed by atoms with Gasteiger partial charge in [-0.3, -0.25) is 9.79 Å². The SMILES string of the molecule is CN=C(NCCC(=O)N1CCCC(C)C1)N(C)CC1CCOC1. The largest absolute Gasteiger partial charge is 0.381 e. The smallest absolute Gasteiger partial charge is 0.224 e. The first kappa shape index (κ1) is 18.0. The van der Waals surface area contributed by atoms with Crippen molar-refractivity contribution in [3.63, 3.8) is 0 Å². The van der Waals surface area contributed by atoms with Gasteiger partial charge in [0.15, 0.2) is 5.96 Å². The van der Waals surface area contributed by atoms with E-state index in [1.807, 2.05) is 11.9 Å². The third kappa shape index (κ3) is 5.68. The van der Waals surface area contributed by atoms with Crippen LogP contribution in [0.2, 0.25) is 0 Å². The predicted octanol–water partition coefficient (Wildman–Crippen LogP) is 1.18. The van der Waals surface area contributed by atoms with E-state index in [1.54, 1.807) is 7.05 Å². The summed E-state index contributed by atoms with van der Waals surface area (Å²) in [5, 5.41) is 3.31. The van der Waals surface area contributed by atoms with E-state index in [2.05, 4.69) is 22.1 Å². The van der Waals surface area contributed by atoms with Crippen molar-refractivity contribution >= 4 is 11.9 Å². The van der Waals surface area contributed by atoms with Crippen LogP contribution in [0.4, 0.5) is 0 Å². The molecule has 2 rings (SSSR count). The van der Waals surface area contributed by atoms with Crippen molar-refractivity contribution in [3.05, 3.63) is 0 Å². The Morgan fingerprint density at radius 3 is 2.91 bits per heavy atom. The maximum atomic E-state index is 12.3. The first-order valence-corrected chi connectivity index (χ1v) is 8.87. The lowest BCUT2D eigenvalue weighted by Gasteiger charge is -2.31. The monoisotopic (exact) mass is 324 g/mol. The number of ether oxygens (including phenoxy) is 1. The summed E-state index contributed by atoms with van der Waals surface area (Å²) in [6.07, 6.45) is 4.03. The highest BCUT2D eigenvalue weighted by atomic mass is 16.5. The highest BCUT2D eigenvalue weighted by Crippen LogP contribution is 2.16. The van der Waals surface area contributed by atoms with E-state index in [9.17, 15) is 4.79 Å². The van der Waals surface area contributed by atoms with Gasteiger partial charge in [0.2, 0.25) is 5.91 Å². The van der Waals surface area contributed by atoms with Crippen molar-refractivity contribution in [1.29, 1.82) is 0 Å². The van der Waals surface area contributed by atoms with Crippen molar-refractivity contribution in [2.75, 3.05) is 53.5 Å². The maximum Gasteiger partial charge on any atom is 0.224 e. The van der Waals surface area contributed by atoms with Gasteiger partial charge >= 0.3 is 0 Å². The summed E-state index contributed by atoms with van der Waals surface area (Å²) in [6, 6.07) is 0. The second kappa shape index (κ2) is 9.11. The Morgan fingerprint density at radius 2 is 2.26 bits per heavy atom. The minimum atomic E-state index is 0.256. The van der Waals surface area contributed by atoms with Gasteiger partial charge in [-0.05, 0) is 25.2 Å². The highest BCUT2D eigenvalue weighted by molar-refractivity contribution is 5.81. The zero-order valence-corrected chi connectivity index (χ0v) is 14.9. The molecule has 2 atom stereocenters. The minimum absolute atomic E-state index is 0.256. The fraction of sp³-hybridized carbons (Fsp3) is 0.882. The fourth-order valence-corrected chi connectivity index (χ4v) is 3.44. The second-order valence-electron chi connectivity index (χ2n) is 6.92. The van der Waals surface area contributed by atoms with Crippen LogP contribution in [-0.2, 0) is 9.53 Å². The zero-order valence-electron chi connectivity index (χ0n) is 14.9. The van der Waals surface area contributed by atoms with Crippen LogP contribution < -0.4 is 5.32 Å². The average molecular weight is 324 g/mol. The number of hydrogen-bond donors (Lipinski definition) is 1. The van der Waals surface area contributed by atoms with Gasteiger partial charge in [0, 0.05) is 59.2 Å². The van der Waals surface area contributed by atoms with Crippen LogP contribution in [0.15, 0.2) is 4.99 Å². The van der Waals surface area contributed by atoms with Gasteiger partial charge in [0.05, 0.1) is 6.61 Å². The van der Waals surface area contributed by atoms with Crippen molar-refractivity contribution in [1.82, 2.24) is 15.1 Å². The molecule has 23 heavy (non-hydrogen) atoms. The van der Waals surface area contributed by atoms with E-state index < -0.39 is 0 Å². The maximum absolute atomic E-state index is 12.3. The van der Waals surface area contributed by atoms with E-state index in [0.717, 1.165) is 51.6 Å². The van der Waals surface area contributed by atoms with Crippen LogP contribution in [0.3, 0.4) is 0 Å². The van der Waals surface area contributed by atoms with Crippen LogP contribution >= 0.6 is 0 Å².